The zero-order valence-corrected chi connectivity index (χ0v) is 9.24. The van der Waals surface area contributed by atoms with Crippen LogP contribution >= 0.6 is 0 Å². The lowest BCUT2D eigenvalue weighted by Crippen LogP contribution is -2.03. The Hall–Kier alpha value is -1.97. The zero-order chi connectivity index (χ0) is 11.5. The predicted molar refractivity (Wildman–Crippen MR) is 61.7 cm³/mol. The summed E-state index contributed by atoms with van der Waals surface area (Å²) in [6, 6.07) is 5.32. The maximum Gasteiger partial charge on any atom is 0.338 e. The maximum absolute atomic E-state index is 11.4. The maximum atomic E-state index is 11.4. The molecule has 2 rings (SSSR count). The quantitative estimate of drug-likeness (QED) is 0.806. The molecule has 0 atom stereocenters. The van der Waals surface area contributed by atoms with E-state index in [-0.39, 0.29) is 5.97 Å². The fraction of sp³-hybridized carbons (Fsp3) is 0.250. The topological polar surface area (TPSA) is 51.5 Å². The fourth-order valence-electron chi connectivity index (χ4n) is 1.64. The fourth-order valence-corrected chi connectivity index (χ4v) is 1.64. The number of ether oxygens (including phenoxy) is 1. The van der Waals surface area contributed by atoms with E-state index < -0.39 is 0 Å². The third-order valence-corrected chi connectivity index (χ3v) is 2.36. The van der Waals surface area contributed by atoms with Gasteiger partial charge in [0.05, 0.1) is 18.9 Å². The molecule has 16 heavy (non-hydrogen) atoms. The van der Waals surface area contributed by atoms with Crippen LogP contribution in [0.3, 0.4) is 0 Å². The summed E-state index contributed by atoms with van der Waals surface area (Å²) >= 11 is 0. The Kier molecular flexibility index (Phi) is 2.81. The first-order valence-electron chi connectivity index (χ1n) is 5.09. The third kappa shape index (κ3) is 1.74. The van der Waals surface area contributed by atoms with Crippen LogP contribution in [0.1, 0.15) is 17.3 Å². The SMILES string of the molecule is CCNc1cc(C(=O)OC)cc2occc12. The van der Waals surface area contributed by atoms with Crippen LogP contribution in [0.25, 0.3) is 11.0 Å². The average molecular weight is 219 g/mol. The van der Waals surface area contributed by atoms with Crippen LogP contribution in [0, 0.1) is 0 Å². The minimum Gasteiger partial charge on any atom is -0.465 e. The number of carbonyl (C=O) groups excluding carboxylic acids is 1. The Labute approximate surface area is 93.2 Å². The standard InChI is InChI=1S/C12H13NO3/c1-3-13-10-6-8(12(14)15-2)7-11-9(10)4-5-16-11/h4-7,13H,3H2,1-2H3. The number of esters is 1. The molecule has 0 aliphatic heterocycles. The number of hydrogen-bond donors (Lipinski definition) is 1. The Bertz CT molecular complexity index is 516. The van der Waals surface area contributed by atoms with Gasteiger partial charge >= 0.3 is 5.97 Å². The minimum atomic E-state index is -0.363. The molecule has 0 fully saturated rings. The van der Waals surface area contributed by atoms with Crippen LogP contribution in [0.5, 0.6) is 0 Å². The highest BCUT2D eigenvalue weighted by atomic mass is 16.5. The van der Waals surface area contributed by atoms with Crippen LogP contribution < -0.4 is 5.32 Å². The normalized spacial score (nSPS) is 10.4. The number of methoxy groups -OCH3 is 1. The van der Waals surface area contributed by atoms with Gasteiger partial charge in [-0.05, 0) is 25.1 Å². The van der Waals surface area contributed by atoms with Crippen molar-refractivity contribution in [3.8, 4) is 0 Å². The molecule has 0 aliphatic rings. The van der Waals surface area contributed by atoms with Gasteiger partial charge in [-0.25, -0.2) is 4.79 Å². The molecule has 0 spiro atoms. The van der Waals surface area contributed by atoms with Gasteiger partial charge in [-0.2, -0.15) is 0 Å². The van der Waals surface area contributed by atoms with Crippen LogP contribution in [0.15, 0.2) is 28.9 Å². The molecule has 4 nitrogen and oxygen atoms in total. The second kappa shape index (κ2) is 4.26. The zero-order valence-electron chi connectivity index (χ0n) is 9.24. The second-order valence-corrected chi connectivity index (χ2v) is 3.38. The Morgan fingerprint density at radius 2 is 2.31 bits per heavy atom. The van der Waals surface area contributed by atoms with Crippen molar-refractivity contribution in [2.75, 3.05) is 19.0 Å². The molecule has 2 aromatic rings. The molecular formula is C12H13NO3. The van der Waals surface area contributed by atoms with E-state index in [2.05, 4.69) is 10.1 Å². The largest absolute Gasteiger partial charge is 0.465 e. The van der Waals surface area contributed by atoms with E-state index in [1.165, 1.54) is 7.11 Å². The van der Waals surface area contributed by atoms with E-state index in [9.17, 15) is 4.79 Å². The van der Waals surface area contributed by atoms with E-state index in [1.807, 2.05) is 13.0 Å². The van der Waals surface area contributed by atoms with Crippen LogP contribution in [-0.4, -0.2) is 19.6 Å². The van der Waals surface area contributed by atoms with Crippen molar-refractivity contribution in [1.29, 1.82) is 0 Å². The molecule has 0 aliphatic carbocycles. The number of anilines is 1. The van der Waals surface area contributed by atoms with Crippen molar-refractivity contribution in [3.05, 3.63) is 30.0 Å². The first-order valence-corrected chi connectivity index (χ1v) is 5.09. The molecule has 0 amide bonds. The predicted octanol–water partition coefficient (Wildman–Crippen LogP) is 2.65. The van der Waals surface area contributed by atoms with Gasteiger partial charge in [0.1, 0.15) is 5.58 Å². The summed E-state index contributed by atoms with van der Waals surface area (Å²) in [6.07, 6.45) is 1.60. The third-order valence-electron chi connectivity index (χ3n) is 2.36. The van der Waals surface area contributed by atoms with Crippen molar-refractivity contribution >= 4 is 22.6 Å². The van der Waals surface area contributed by atoms with Crippen molar-refractivity contribution in [3.63, 3.8) is 0 Å². The van der Waals surface area contributed by atoms with Crippen LogP contribution in [0.4, 0.5) is 5.69 Å². The first kappa shape index (κ1) is 10.5. The van der Waals surface area contributed by atoms with E-state index in [0.29, 0.717) is 11.1 Å². The highest BCUT2D eigenvalue weighted by Gasteiger charge is 2.11. The van der Waals surface area contributed by atoms with Gasteiger partial charge in [0.2, 0.25) is 0 Å². The monoisotopic (exact) mass is 219 g/mol. The molecule has 0 radical (unpaired) electrons. The summed E-state index contributed by atoms with van der Waals surface area (Å²) in [7, 11) is 1.36. The van der Waals surface area contributed by atoms with Gasteiger partial charge in [0.25, 0.3) is 0 Å². The smallest absolute Gasteiger partial charge is 0.338 e. The molecule has 1 N–H and O–H groups in total. The van der Waals surface area contributed by atoms with Gasteiger partial charge < -0.3 is 14.5 Å². The molecular weight excluding hydrogens is 206 g/mol. The average Bonchev–Trinajstić information content (AvgIpc) is 2.76. The Morgan fingerprint density at radius 1 is 1.50 bits per heavy atom. The number of fused-ring (bicyclic) bond motifs is 1. The van der Waals surface area contributed by atoms with Gasteiger partial charge in [0.15, 0.2) is 0 Å². The van der Waals surface area contributed by atoms with Crippen LogP contribution in [-0.2, 0) is 4.74 Å². The number of nitrogens with one attached hydrogen (secondary N) is 1. The molecule has 0 unspecified atom stereocenters. The van der Waals surface area contributed by atoms with Gasteiger partial charge in [-0.3, -0.25) is 0 Å². The number of carbonyl (C=O) groups is 1. The molecule has 1 aromatic carbocycles. The lowest BCUT2D eigenvalue weighted by molar-refractivity contribution is 0.0601. The summed E-state index contributed by atoms with van der Waals surface area (Å²) in [5, 5.41) is 4.16. The molecule has 1 aromatic heterocycles. The van der Waals surface area contributed by atoms with E-state index in [0.717, 1.165) is 17.6 Å². The molecule has 1 heterocycles. The molecule has 0 saturated heterocycles. The highest BCUT2D eigenvalue weighted by molar-refractivity contribution is 5.99. The number of hydrogen-bond acceptors (Lipinski definition) is 4. The Morgan fingerprint density at radius 3 is 3.00 bits per heavy atom. The summed E-state index contributed by atoms with van der Waals surface area (Å²) < 4.78 is 9.98. The molecule has 0 saturated carbocycles. The number of rotatable bonds is 3. The van der Waals surface area contributed by atoms with Crippen molar-refractivity contribution < 1.29 is 13.9 Å². The van der Waals surface area contributed by atoms with Crippen molar-refractivity contribution in [2.45, 2.75) is 6.92 Å². The highest BCUT2D eigenvalue weighted by Crippen LogP contribution is 2.26. The molecule has 0 bridgehead atoms. The van der Waals surface area contributed by atoms with E-state index >= 15 is 0 Å². The van der Waals surface area contributed by atoms with Gasteiger partial charge in [-0.1, -0.05) is 0 Å². The summed E-state index contributed by atoms with van der Waals surface area (Å²) in [4.78, 5) is 11.4. The molecule has 84 valence electrons. The lowest BCUT2D eigenvalue weighted by atomic mass is 10.1. The van der Waals surface area contributed by atoms with Crippen molar-refractivity contribution in [2.24, 2.45) is 0 Å². The number of furan rings is 1. The second-order valence-electron chi connectivity index (χ2n) is 3.38. The Balaban J connectivity index is 2.56. The first-order chi connectivity index (χ1) is 7.76. The minimum absolute atomic E-state index is 0.363. The van der Waals surface area contributed by atoms with E-state index in [4.69, 9.17) is 4.42 Å². The van der Waals surface area contributed by atoms with E-state index in [1.54, 1.807) is 18.4 Å². The lowest BCUT2D eigenvalue weighted by Gasteiger charge is -2.06. The van der Waals surface area contributed by atoms with Crippen LogP contribution in [0.2, 0.25) is 0 Å². The summed E-state index contributed by atoms with van der Waals surface area (Å²) in [5.41, 5.74) is 2.05. The summed E-state index contributed by atoms with van der Waals surface area (Å²) in [6.45, 7) is 2.78. The summed E-state index contributed by atoms with van der Waals surface area (Å²) in [5.74, 6) is -0.363. The van der Waals surface area contributed by atoms with Gasteiger partial charge in [-0.15, -0.1) is 0 Å². The molecule has 4 heteroatoms. The van der Waals surface area contributed by atoms with Gasteiger partial charge in [0, 0.05) is 17.6 Å². The number of benzene rings is 1. The van der Waals surface area contributed by atoms with Crippen molar-refractivity contribution in [1.82, 2.24) is 0 Å².